The van der Waals surface area contributed by atoms with E-state index in [1.807, 2.05) is 24.3 Å². The second kappa shape index (κ2) is 18.8. The van der Waals surface area contributed by atoms with Gasteiger partial charge in [-0.05, 0) is 130 Å². The van der Waals surface area contributed by atoms with E-state index in [9.17, 15) is 19.2 Å². The number of rotatable bonds is 13. The Morgan fingerprint density at radius 2 is 1.17 bits per heavy atom. The number of ether oxygens (including phenoxy) is 6. The Bertz CT molecular complexity index is 2220. The van der Waals surface area contributed by atoms with Crippen molar-refractivity contribution in [2.75, 3.05) is 19.6 Å². The molecule has 14 heteroatoms. The molecule has 2 saturated carbocycles. The van der Waals surface area contributed by atoms with Crippen LogP contribution in [0.15, 0.2) is 96.1 Å². The van der Waals surface area contributed by atoms with Gasteiger partial charge in [-0.3, -0.25) is 15.0 Å². The SMILES string of the molecule is COc1ccc(C(=O)OC2CCC(C(=O)Oc3ccc(OC(=O)C4CCC(OC(=O)c5ccc(OC)cc5)CC4)c(/C=N/Nc4nc5ccccc5s4)c3)CC2)cc1. The number of anilines is 1. The zero-order chi connectivity index (χ0) is 40.4. The molecule has 300 valence electrons. The van der Waals surface area contributed by atoms with Gasteiger partial charge in [0.15, 0.2) is 0 Å². The summed E-state index contributed by atoms with van der Waals surface area (Å²) in [5.74, 6) is -0.627. The molecule has 2 fully saturated rings. The third-order valence-corrected chi connectivity index (χ3v) is 11.2. The van der Waals surface area contributed by atoms with Crippen molar-refractivity contribution in [2.24, 2.45) is 16.9 Å². The highest BCUT2D eigenvalue weighted by Crippen LogP contribution is 2.33. The van der Waals surface area contributed by atoms with Gasteiger partial charge in [-0.15, -0.1) is 0 Å². The van der Waals surface area contributed by atoms with Crippen LogP contribution in [0.5, 0.6) is 23.0 Å². The molecule has 0 radical (unpaired) electrons. The Morgan fingerprint density at radius 1 is 0.655 bits per heavy atom. The van der Waals surface area contributed by atoms with Crippen molar-refractivity contribution in [3.8, 4) is 23.0 Å². The number of thiazole rings is 1. The number of hydrazone groups is 1. The van der Waals surface area contributed by atoms with Gasteiger partial charge in [-0.1, -0.05) is 23.5 Å². The highest BCUT2D eigenvalue weighted by Gasteiger charge is 2.32. The predicted molar refractivity (Wildman–Crippen MR) is 217 cm³/mol. The topological polar surface area (TPSA) is 161 Å². The van der Waals surface area contributed by atoms with E-state index in [1.54, 1.807) is 80.9 Å². The van der Waals surface area contributed by atoms with Crippen LogP contribution in [0.2, 0.25) is 0 Å². The molecule has 0 aliphatic heterocycles. The Morgan fingerprint density at radius 3 is 1.71 bits per heavy atom. The molecule has 1 aromatic heterocycles. The summed E-state index contributed by atoms with van der Waals surface area (Å²) in [6, 6.07) is 25.9. The first-order chi connectivity index (χ1) is 28.2. The average molecular weight is 806 g/mol. The minimum Gasteiger partial charge on any atom is -0.497 e. The summed E-state index contributed by atoms with van der Waals surface area (Å²) in [6.07, 6.45) is 4.93. The van der Waals surface area contributed by atoms with Gasteiger partial charge in [0, 0.05) is 5.56 Å². The smallest absolute Gasteiger partial charge is 0.338 e. The lowest BCUT2D eigenvalue weighted by Crippen LogP contribution is -2.30. The molecule has 5 aromatic rings. The van der Waals surface area contributed by atoms with E-state index in [-0.39, 0.29) is 29.6 Å². The average Bonchev–Trinajstić information content (AvgIpc) is 3.68. The summed E-state index contributed by atoms with van der Waals surface area (Å²) in [7, 11) is 3.12. The van der Waals surface area contributed by atoms with Crippen molar-refractivity contribution in [3.63, 3.8) is 0 Å². The van der Waals surface area contributed by atoms with Crippen molar-refractivity contribution in [1.82, 2.24) is 4.98 Å². The number of carbonyl (C=O) groups is 4. The third kappa shape index (κ3) is 10.2. The molecule has 2 aliphatic rings. The molecular weight excluding hydrogens is 763 g/mol. The van der Waals surface area contributed by atoms with Gasteiger partial charge in [0.2, 0.25) is 5.13 Å². The number of hydrogen-bond acceptors (Lipinski definition) is 14. The molecule has 2 aliphatic carbocycles. The van der Waals surface area contributed by atoms with Crippen LogP contribution in [0.4, 0.5) is 5.13 Å². The third-order valence-electron chi connectivity index (χ3n) is 10.3. The largest absolute Gasteiger partial charge is 0.497 e. The second-order valence-electron chi connectivity index (χ2n) is 14.1. The monoisotopic (exact) mass is 805 g/mol. The van der Waals surface area contributed by atoms with Crippen molar-refractivity contribution in [1.29, 1.82) is 0 Å². The number of carbonyl (C=O) groups excluding carboxylic acids is 4. The normalized spacial score (nSPS) is 19.2. The lowest BCUT2D eigenvalue weighted by atomic mass is 9.87. The summed E-state index contributed by atoms with van der Waals surface area (Å²) >= 11 is 1.44. The van der Waals surface area contributed by atoms with Gasteiger partial charge >= 0.3 is 23.9 Å². The van der Waals surface area contributed by atoms with Crippen LogP contribution in [0.1, 0.15) is 77.6 Å². The number of benzene rings is 4. The molecule has 0 bridgehead atoms. The van der Waals surface area contributed by atoms with Gasteiger partial charge in [0.25, 0.3) is 0 Å². The van der Waals surface area contributed by atoms with E-state index < -0.39 is 29.8 Å². The van der Waals surface area contributed by atoms with Gasteiger partial charge < -0.3 is 28.4 Å². The fourth-order valence-corrected chi connectivity index (χ4v) is 7.79. The van der Waals surface area contributed by atoms with Crippen LogP contribution in [0.3, 0.4) is 0 Å². The maximum Gasteiger partial charge on any atom is 0.338 e. The Labute approximate surface area is 339 Å². The lowest BCUT2D eigenvalue weighted by molar-refractivity contribution is -0.141. The first-order valence-electron chi connectivity index (χ1n) is 19.2. The maximum absolute atomic E-state index is 13.5. The van der Waals surface area contributed by atoms with E-state index in [0.717, 1.165) is 10.2 Å². The number of esters is 4. The van der Waals surface area contributed by atoms with Gasteiger partial charge in [-0.2, -0.15) is 5.10 Å². The highest BCUT2D eigenvalue weighted by atomic mass is 32.1. The van der Waals surface area contributed by atoms with Crippen molar-refractivity contribution in [2.45, 2.75) is 63.6 Å². The summed E-state index contributed by atoms with van der Waals surface area (Å²) in [4.78, 5) is 56.7. The Balaban J connectivity index is 0.963. The molecule has 58 heavy (non-hydrogen) atoms. The standard InChI is InChI=1S/C44H43N3O10S/c1-52-32-15-7-27(8-16-32)40(48)54-34-19-11-29(12-20-34)42(50)56-36-23-24-38(31(25-36)26-45-47-44-46-37-5-3-4-6-39(37)58-44)57-43(51)30-13-21-35(22-14-30)55-41(49)28-9-17-33(53-2)18-10-28/h3-10,15-18,23-26,29-30,34-35H,11-14,19-22H2,1-2H3,(H,46,47)/b45-26+. The van der Waals surface area contributed by atoms with Gasteiger partial charge in [-0.25, -0.2) is 14.6 Å². The number of para-hydroxylation sites is 1. The van der Waals surface area contributed by atoms with Crippen LogP contribution in [-0.2, 0) is 19.1 Å². The zero-order valence-corrected chi connectivity index (χ0v) is 32.9. The van der Waals surface area contributed by atoms with Gasteiger partial charge in [0.05, 0.1) is 53.6 Å². The Hall–Kier alpha value is -6.28. The molecule has 1 heterocycles. The summed E-state index contributed by atoms with van der Waals surface area (Å²) in [5, 5.41) is 4.95. The predicted octanol–water partition coefficient (Wildman–Crippen LogP) is 8.40. The van der Waals surface area contributed by atoms with Crippen LogP contribution < -0.4 is 24.4 Å². The molecule has 4 aromatic carbocycles. The number of hydrogen-bond donors (Lipinski definition) is 1. The molecule has 0 amide bonds. The fraction of sp³-hybridized carbons (Fsp3) is 0.318. The summed E-state index contributed by atoms with van der Waals surface area (Å²) in [6.45, 7) is 0. The molecule has 0 atom stereocenters. The van der Waals surface area contributed by atoms with E-state index in [1.165, 1.54) is 17.6 Å². The molecule has 0 spiro atoms. The number of nitrogens with one attached hydrogen (secondary N) is 1. The second-order valence-corrected chi connectivity index (χ2v) is 15.1. The number of aromatic nitrogens is 1. The van der Waals surface area contributed by atoms with Crippen LogP contribution in [0, 0.1) is 11.8 Å². The Kier molecular flexibility index (Phi) is 12.9. The van der Waals surface area contributed by atoms with Crippen molar-refractivity contribution in [3.05, 3.63) is 108 Å². The molecule has 7 rings (SSSR count). The number of methoxy groups -OCH3 is 2. The quantitative estimate of drug-likeness (QED) is 0.0525. The minimum absolute atomic E-state index is 0.242. The fourth-order valence-electron chi connectivity index (χ4n) is 6.98. The number of nitrogens with zero attached hydrogens (tertiary/aromatic N) is 2. The van der Waals surface area contributed by atoms with Crippen LogP contribution in [0.25, 0.3) is 10.2 Å². The van der Waals surface area contributed by atoms with Crippen molar-refractivity contribution < 1.29 is 47.6 Å². The van der Waals surface area contributed by atoms with Gasteiger partial charge in [0.1, 0.15) is 35.2 Å². The van der Waals surface area contributed by atoms with Crippen LogP contribution >= 0.6 is 11.3 Å². The van der Waals surface area contributed by atoms with E-state index in [4.69, 9.17) is 28.4 Å². The maximum atomic E-state index is 13.5. The molecule has 0 unspecified atom stereocenters. The zero-order valence-electron chi connectivity index (χ0n) is 32.1. The number of fused-ring (bicyclic) bond motifs is 1. The molecule has 13 nitrogen and oxygen atoms in total. The van der Waals surface area contributed by atoms with E-state index >= 15 is 0 Å². The molecule has 1 N–H and O–H groups in total. The highest BCUT2D eigenvalue weighted by molar-refractivity contribution is 7.22. The molecular formula is C44H43N3O10S. The lowest BCUT2D eigenvalue weighted by Gasteiger charge is -2.27. The first-order valence-corrected chi connectivity index (χ1v) is 20.0. The summed E-state index contributed by atoms with van der Waals surface area (Å²) < 4.78 is 34.5. The van der Waals surface area contributed by atoms with E-state index in [0.29, 0.717) is 84.7 Å². The molecule has 0 saturated heterocycles. The van der Waals surface area contributed by atoms with Crippen molar-refractivity contribution >= 4 is 56.8 Å². The summed E-state index contributed by atoms with van der Waals surface area (Å²) in [5.41, 5.74) is 5.05. The van der Waals surface area contributed by atoms with E-state index in [2.05, 4.69) is 15.5 Å². The van der Waals surface area contributed by atoms with Crippen LogP contribution in [-0.4, -0.2) is 61.5 Å². The first kappa shape index (κ1) is 39.9. The minimum atomic E-state index is -0.420.